The Bertz CT molecular complexity index is 1030. The number of rotatable bonds is 48. The SMILES string of the molecule is CCCCCCCCCCCCCCCCCCCCCC(=O)O[C@H](COC(=O)CCCCCCCCCCCCCCCCCCC)COP(=O)(O)OC[C@H](N)C(=O)O. The molecule has 0 saturated carbocycles. The van der Waals surface area contributed by atoms with Gasteiger partial charge in [-0.25, -0.2) is 4.57 Å². The fraction of sp³-hybridized carbons (Fsp3) is 0.938. The normalized spacial score (nSPS) is 13.5. The summed E-state index contributed by atoms with van der Waals surface area (Å²) in [5.41, 5.74) is 5.35. The van der Waals surface area contributed by atoms with E-state index in [2.05, 4.69) is 18.4 Å². The summed E-state index contributed by atoms with van der Waals surface area (Å²) >= 11 is 0. The molecule has 0 saturated heterocycles. The number of ether oxygens (including phenoxy) is 2. The highest BCUT2D eigenvalue weighted by Crippen LogP contribution is 2.43. The number of carbonyl (C=O) groups excluding carboxylic acids is 2. The number of hydrogen-bond donors (Lipinski definition) is 3. The molecule has 0 aliphatic rings. The molecule has 0 spiro atoms. The van der Waals surface area contributed by atoms with Crippen molar-refractivity contribution in [3.63, 3.8) is 0 Å². The van der Waals surface area contributed by atoms with Crippen LogP contribution < -0.4 is 5.73 Å². The summed E-state index contributed by atoms with van der Waals surface area (Å²) in [7, 11) is -4.71. The number of phosphoric acid groups is 1. The molecule has 0 fully saturated rings. The van der Waals surface area contributed by atoms with E-state index in [1.54, 1.807) is 0 Å². The molecule has 12 heteroatoms. The molecule has 0 aromatic carbocycles. The van der Waals surface area contributed by atoms with Crippen molar-refractivity contribution < 1.29 is 47.5 Å². The summed E-state index contributed by atoms with van der Waals surface area (Å²) in [4.78, 5) is 46.1. The van der Waals surface area contributed by atoms with E-state index in [1.807, 2.05) is 0 Å². The largest absolute Gasteiger partial charge is 0.480 e. The molecule has 0 aliphatic carbocycles. The Morgan fingerprint density at radius 3 is 1.05 bits per heavy atom. The molecule has 1 unspecified atom stereocenters. The van der Waals surface area contributed by atoms with E-state index in [0.717, 1.165) is 38.5 Å². The summed E-state index contributed by atoms with van der Waals surface area (Å²) < 4.78 is 32.8. The maximum atomic E-state index is 12.7. The number of nitrogens with two attached hydrogens (primary N) is 1. The van der Waals surface area contributed by atoms with Gasteiger partial charge in [0.1, 0.15) is 12.6 Å². The minimum Gasteiger partial charge on any atom is -0.480 e. The van der Waals surface area contributed by atoms with Crippen molar-refractivity contribution in [2.24, 2.45) is 5.73 Å². The van der Waals surface area contributed by atoms with E-state index < -0.39 is 51.1 Å². The minimum absolute atomic E-state index is 0.170. The van der Waals surface area contributed by atoms with Gasteiger partial charge in [-0.1, -0.05) is 232 Å². The molecule has 0 amide bonds. The first kappa shape index (κ1) is 58.5. The van der Waals surface area contributed by atoms with Gasteiger partial charge >= 0.3 is 25.7 Å². The molecule has 11 nitrogen and oxygen atoms in total. The Balaban J connectivity index is 4.21. The predicted molar refractivity (Wildman–Crippen MR) is 245 cm³/mol. The number of unbranched alkanes of at least 4 members (excludes halogenated alkanes) is 34. The van der Waals surface area contributed by atoms with Crippen LogP contribution in [-0.4, -0.2) is 59.9 Å². The summed E-state index contributed by atoms with van der Waals surface area (Å²) in [5, 5.41) is 8.91. The summed E-state index contributed by atoms with van der Waals surface area (Å²) in [6.45, 7) is 2.87. The smallest absolute Gasteiger partial charge is 0.472 e. The van der Waals surface area contributed by atoms with Gasteiger partial charge in [-0.05, 0) is 12.8 Å². The van der Waals surface area contributed by atoms with Crippen molar-refractivity contribution >= 4 is 25.7 Å². The van der Waals surface area contributed by atoms with Gasteiger partial charge in [0.25, 0.3) is 0 Å². The second-order valence-corrected chi connectivity index (χ2v) is 18.8. The zero-order valence-corrected chi connectivity index (χ0v) is 39.7. The van der Waals surface area contributed by atoms with Crippen molar-refractivity contribution in [3.05, 3.63) is 0 Å². The number of carboxylic acids is 1. The lowest BCUT2D eigenvalue weighted by Gasteiger charge is -2.20. The third-order valence-corrected chi connectivity index (χ3v) is 12.3. The van der Waals surface area contributed by atoms with Crippen LogP contribution in [0.15, 0.2) is 0 Å². The van der Waals surface area contributed by atoms with Crippen LogP contribution in [0.1, 0.15) is 258 Å². The Kier molecular flexibility index (Phi) is 43.0. The topological polar surface area (TPSA) is 172 Å². The molecule has 0 bridgehead atoms. The average Bonchev–Trinajstić information content (AvgIpc) is 3.22. The zero-order chi connectivity index (χ0) is 44.2. The second-order valence-electron chi connectivity index (χ2n) is 17.3. The van der Waals surface area contributed by atoms with Gasteiger partial charge in [0, 0.05) is 12.8 Å². The molecule has 0 aromatic rings. The fourth-order valence-electron chi connectivity index (χ4n) is 7.42. The standard InChI is InChI=1S/C48H94NO10P/c1-3-5-7-9-11-13-15-17-19-21-22-24-26-28-30-32-34-36-38-40-47(51)59-44(42-57-60(54,55)58-43-45(49)48(52)53)41-56-46(50)39-37-35-33-31-29-27-25-23-20-18-16-14-12-10-8-6-4-2/h44-45H,3-43,49H2,1-2H3,(H,52,53)(H,54,55)/t44-,45+/m1/s1. The van der Waals surface area contributed by atoms with E-state index in [-0.39, 0.29) is 19.4 Å². The Hall–Kier alpha value is -1.52. The molecule has 0 radical (unpaired) electrons. The van der Waals surface area contributed by atoms with Crippen LogP contribution >= 0.6 is 7.82 Å². The lowest BCUT2D eigenvalue weighted by molar-refractivity contribution is -0.161. The first-order valence-electron chi connectivity index (χ1n) is 25.1. The summed E-state index contributed by atoms with van der Waals surface area (Å²) in [5.74, 6) is -2.35. The third-order valence-electron chi connectivity index (χ3n) is 11.4. The van der Waals surface area contributed by atoms with Crippen molar-refractivity contribution in [1.29, 1.82) is 0 Å². The van der Waals surface area contributed by atoms with Gasteiger partial charge in [0.05, 0.1) is 13.2 Å². The van der Waals surface area contributed by atoms with E-state index >= 15 is 0 Å². The maximum absolute atomic E-state index is 12.7. The maximum Gasteiger partial charge on any atom is 0.472 e. The Morgan fingerprint density at radius 2 is 0.733 bits per heavy atom. The molecule has 60 heavy (non-hydrogen) atoms. The van der Waals surface area contributed by atoms with Crippen molar-refractivity contribution in [2.45, 2.75) is 270 Å². The van der Waals surface area contributed by atoms with Gasteiger partial charge in [0.15, 0.2) is 6.10 Å². The van der Waals surface area contributed by atoms with Crippen LogP contribution in [0.3, 0.4) is 0 Å². The molecular weight excluding hydrogens is 781 g/mol. The molecule has 4 N–H and O–H groups in total. The molecular formula is C48H94NO10P. The number of phosphoric ester groups is 1. The number of carbonyl (C=O) groups is 3. The van der Waals surface area contributed by atoms with Crippen molar-refractivity contribution in [3.8, 4) is 0 Å². The van der Waals surface area contributed by atoms with Gasteiger partial charge in [0.2, 0.25) is 0 Å². The minimum atomic E-state index is -4.71. The fourth-order valence-corrected chi connectivity index (χ4v) is 8.20. The molecule has 0 aromatic heterocycles. The molecule has 0 heterocycles. The van der Waals surface area contributed by atoms with Crippen LogP contribution in [0.5, 0.6) is 0 Å². The monoisotopic (exact) mass is 876 g/mol. The van der Waals surface area contributed by atoms with Crippen LogP contribution in [0.4, 0.5) is 0 Å². The number of hydrogen-bond acceptors (Lipinski definition) is 9. The van der Waals surface area contributed by atoms with Crippen LogP contribution in [0.2, 0.25) is 0 Å². The molecule has 356 valence electrons. The van der Waals surface area contributed by atoms with E-state index in [0.29, 0.717) is 12.8 Å². The first-order chi connectivity index (χ1) is 29.1. The van der Waals surface area contributed by atoms with Gasteiger partial charge in [-0.15, -0.1) is 0 Å². The second kappa shape index (κ2) is 44.1. The number of carboxylic acid groups (broad SMARTS) is 1. The van der Waals surface area contributed by atoms with E-state index in [9.17, 15) is 23.8 Å². The number of aliphatic carboxylic acids is 1. The summed E-state index contributed by atoms with van der Waals surface area (Å²) in [6, 6.07) is -1.52. The van der Waals surface area contributed by atoms with E-state index in [4.69, 9.17) is 24.8 Å². The molecule has 0 aliphatic heterocycles. The lowest BCUT2D eigenvalue weighted by atomic mass is 10.0. The highest BCUT2D eigenvalue weighted by atomic mass is 31.2. The Morgan fingerprint density at radius 1 is 0.450 bits per heavy atom. The van der Waals surface area contributed by atoms with Crippen LogP contribution in [0, 0.1) is 0 Å². The van der Waals surface area contributed by atoms with Crippen LogP contribution in [0.25, 0.3) is 0 Å². The average molecular weight is 876 g/mol. The van der Waals surface area contributed by atoms with Gasteiger partial charge in [-0.2, -0.15) is 0 Å². The number of esters is 2. The van der Waals surface area contributed by atoms with Gasteiger partial charge in [-0.3, -0.25) is 23.4 Å². The quantitative estimate of drug-likeness (QED) is 0.0302. The Labute approximate surface area is 367 Å². The third kappa shape index (κ3) is 43.1. The van der Waals surface area contributed by atoms with Crippen molar-refractivity contribution in [2.75, 3.05) is 19.8 Å². The molecule has 3 atom stereocenters. The predicted octanol–water partition coefficient (Wildman–Crippen LogP) is 13.9. The highest BCUT2D eigenvalue weighted by molar-refractivity contribution is 7.47. The van der Waals surface area contributed by atoms with Crippen LogP contribution in [-0.2, 0) is 37.5 Å². The highest BCUT2D eigenvalue weighted by Gasteiger charge is 2.28. The zero-order valence-electron chi connectivity index (χ0n) is 38.8. The van der Waals surface area contributed by atoms with Gasteiger partial charge < -0.3 is 25.2 Å². The lowest BCUT2D eigenvalue weighted by Crippen LogP contribution is -2.34. The van der Waals surface area contributed by atoms with E-state index in [1.165, 1.54) is 180 Å². The summed E-state index contributed by atoms with van der Waals surface area (Å²) in [6.07, 6.45) is 44.5. The first-order valence-corrected chi connectivity index (χ1v) is 26.6. The van der Waals surface area contributed by atoms with Crippen molar-refractivity contribution in [1.82, 2.24) is 0 Å². The molecule has 0 rings (SSSR count).